The quantitative estimate of drug-likeness (QED) is 0.375. The van der Waals surface area contributed by atoms with E-state index < -0.39 is 23.9 Å². The Morgan fingerprint density at radius 1 is 1.06 bits per heavy atom. The van der Waals surface area contributed by atoms with Gasteiger partial charge < -0.3 is 5.73 Å². The molecule has 0 saturated heterocycles. The minimum atomic E-state index is -4.68. The lowest BCUT2D eigenvalue weighted by atomic mass is 10.1. The van der Waals surface area contributed by atoms with Gasteiger partial charge in [-0.15, -0.1) is 5.10 Å². The van der Waals surface area contributed by atoms with Crippen molar-refractivity contribution in [2.24, 2.45) is 0 Å². The third-order valence-corrected chi connectivity index (χ3v) is 5.33. The highest BCUT2D eigenvalue weighted by molar-refractivity contribution is 5.98. The summed E-state index contributed by atoms with van der Waals surface area (Å²) >= 11 is 0. The Labute approximate surface area is 194 Å². The number of halogens is 4. The van der Waals surface area contributed by atoms with Crippen molar-refractivity contribution >= 4 is 16.9 Å². The maximum Gasteiger partial charge on any atom is 0.451 e. The molecule has 0 amide bonds. The van der Waals surface area contributed by atoms with Crippen LogP contribution in [0.25, 0.3) is 28.0 Å². The SMILES string of the molecule is CC[C@H](c1cn(-c2ccccc2F)nn1)n1nc(-c2cnc(C(F)(F)F)nc2)c2c(N)ncnc21. The van der Waals surface area contributed by atoms with Gasteiger partial charge in [-0.2, -0.15) is 18.3 Å². The summed E-state index contributed by atoms with van der Waals surface area (Å²) in [5.41, 5.74) is 7.52. The van der Waals surface area contributed by atoms with Crippen molar-refractivity contribution in [1.82, 2.24) is 44.7 Å². The van der Waals surface area contributed by atoms with E-state index in [4.69, 9.17) is 5.73 Å². The molecule has 0 radical (unpaired) electrons. The minimum absolute atomic E-state index is 0.0843. The van der Waals surface area contributed by atoms with Gasteiger partial charge in [-0.3, -0.25) is 0 Å². The predicted octanol–water partition coefficient (Wildman–Crippen LogP) is 3.60. The average Bonchev–Trinajstić information content (AvgIpc) is 3.46. The van der Waals surface area contributed by atoms with E-state index in [9.17, 15) is 17.6 Å². The van der Waals surface area contributed by atoms with Crippen LogP contribution < -0.4 is 5.73 Å². The van der Waals surface area contributed by atoms with Crippen LogP contribution in [0, 0.1) is 5.82 Å². The second kappa shape index (κ2) is 8.38. The van der Waals surface area contributed by atoms with Crippen molar-refractivity contribution in [3.63, 3.8) is 0 Å². The topological polar surface area (TPSA) is 126 Å². The molecule has 0 aliphatic heterocycles. The summed E-state index contributed by atoms with van der Waals surface area (Å²) in [6, 6.07) is 5.62. The second-order valence-corrected chi connectivity index (χ2v) is 7.51. The zero-order valence-electron chi connectivity index (χ0n) is 18.0. The zero-order chi connectivity index (χ0) is 24.7. The molecule has 4 heterocycles. The van der Waals surface area contributed by atoms with Gasteiger partial charge in [0.2, 0.25) is 5.82 Å². The number of nitrogens with zero attached hydrogens (tertiary/aromatic N) is 9. The molecule has 4 aromatic heterocycles. The number of aromatic nitrogens is 9. The maximum absolute atomic E-state index is 14.2. The summed E-state index contributed by atoms with van der Waals surface area (Å²) in [6.45, 7) is 1.88. The maximum atomic E-state index is 14.2. The molecule has 5 aromatic rings. The van der Waals surface area contributed by atoms with Crippen LogP contribution in [-0.2, 0) is 6.18 Å². The van der Waals surface area contributed by atoms with Crippen molar-refractivity contribution in [2.75, 3.05) is 5.73 Å². The predicted molar refractivity (Wildman–Crippen MR) is 116 cm³/mol. The lowest BCUT2D eigenvalue weighted by Gasteiger charge is -2.13. The molecule has 0 aliphatic carbocycles. The number of hydrogen-bond donors (Lipinski definition) is 1. The highest BCUT2D eigenvalue weighted by Gasteiger charge is 2.34. The Morgan fingerprint density at radius 2 is 1.80 bits per heavy atom. The molecule has 2 N–H and O–H groups in total. The second-order valence-electron chi connectivity index (χ2n) is 7.51. The molecule has 1 aromatic carbocycles. The first-order valence-electron chi connectivity index (χ1n) is 10.3. The number of hydrogen-bond acceptors (Lipinski definition) is 8. The van der Waals surface area contributed by atoms with E-state index in [1.54, 1.807) is 24.4 Å². The third kappa shape index (κ3) is 3.92. The Hall–Kier alpha value is -4.49. The molecule has 0 saturated carbocycles. The van der Waals surface area contributed by atoms with Gasteiger partial charge in [0.15, 0.2) is 5.65 Å². The number of para-hydroxylation sites is 1. The molecule has 0 spiro atoms. The van der Waals surface area contributed by atoms with Crippen molar-refractivity contribution in [2.45, 2.75) is 25.6 Å². The highest BCUT2D eigenvalue weighted by atomic mass is 19.4. The average molecular weight is 484 g/mol. The van der Waals surface area contributed by atoms with E-state index >= 15 is 0 Å². The fourth-order valence-corrected chi connectivity index (χ4v) is 3.70. The summed E-state index contributed by atoms with van der Waals surface area (Å²) in [5.74, 6) is -1.65. The lowest BCUT2D eigenvalue weighted by Crippen LogP contribution is -2.13. The first-order valence-corrected chi connectivity index (χ1v) is 10.3. The van der Waals surface area contributed by atoms with E-state index in [0.29, 0.717) is 23.1 Å². The van der Waals surface area contributed by atoms with Crippen LogP contribution in [0.1, 0.15) is 30.9 Å². The fraction of sp³-hybridized carbons (Fsp3) is 0.190. The van der Waals surface area contributed by atoms with E-state index in [0.717, 1.165) is 12.4 Å². The molecule has 0 bridgehead atoms. The van der Waals surface area contributed by atoms with Gasteiger partial charge in [-0.1, -0.05) is 24.3 Å². The zero-order valence-corrected chi connectivity index (χ0v) is 18.0. The molecule has 14 heteroatoms. The third-order valence-electron chi connectivity index (χ3n) is 5.33. The minimum Gasteiger partial charge on any atom is -0.383 e. The number of anilines is 1. The summed E-state index contributed by atoms with van der Waals surface area (Å²) in [4.78, 5) is 15.1. The number of rotatable bonds is 5. The van der Waals surface area contributed by atoms with Crippen LogP contribution in [0.15, 0.2) is 49.2 Å². The van der Waals surface area contributed by atoms with Crippen LogP contribution in [-0.4, -0.2) is 44.7 Å². The monoisotopic (exact) mass is 484 g/mol. The molecular weight excluding hydrogens is 468 g/mol. The summed E-state index contributed by atoms with van der Waals surface area (Å²) in [5, 5.41) is 13.1. The van der Waals surface area contributed by atoms with Crippen molar-refractivity contribution in [3.8, 4) is 16.9 Å². The van der Waals surface area contributed by atoms with Crippen LogP contribution >= 0.6 is 0 Å². The molecule has 0 aliphatic rings. The van der Waals surface area contributed by atoms with Gasteiger partial charge in [-0.05, 0) is 18.6 Å². The molecule has 35 heavy (non-hydrogen) atoms. The van der Waals surface area contributed by atoms with Crippen LogP contribution in [0.5, 0.6) is 0 Å². The van der Waals surface area contributed by atoms with Gasteiger partial charge in [0.1, 0.15) is 35.0 Å². The molecular formula is C21H16F4N10. The van der Waals surface area contributed by atoms with Gasteiger partial charge >= 0.3 is 6.18 Å². The van der Waals surface area contributed by atoms with Crippen molar-refractivity contribution in [1.29, 1.82) is 0 Å². The van der Waals surface area contributed by atoms with E-state index in [2.05, 4.69) is 35.3 Å². The fourth-order valence-electron chi connectivity index (χ4n) is 3.70. The number of alkyl halides is 3. The van der Waals surface area contributed by atoms with Crippen molar-refractivity contribution < 1.29 is 17.6 Å². The van der Waals surface area contributed by atoms with Crippen LogP contribution in [0.3, 0.4) is 0 Å². The number of nitrogens with two attached hydrogens (primary N) is 1. The largest absolute Gasteiger partial charge is 0.451 e. The molecule has 0 fully saturated rings. The Morgan fingerprint density at radius 3 is 2.49 bits per heavy atom. The Bertz CT molecular complexity index is 1510. The van der Waals surface area contributed by atoms with Gasteiger partial charge in [0.25, 0.3) is 0 Å². The molecule has 1 atom stereocenters. The lowest BCUT2D eigenvalue weighted by molar-refractivity contribution is -0.144. The van der Waals surface area contributed by atoms with Gasteiger partial charge in [-0.25, -0.2) is 33.7 Å². The Kier molecular flexibility index (Phi) is 5.34. The van der Waals surface area contributed by atoms with Crippen LogP contribution in [0.4, 0.5) is 23.4 Å². The summed E-state index contributed by atoms with van der Waals surface area (Å²) in [6.07, 6.45) is 0.671. The van der Waals surface area contributed by atoms with E-state index in [1.165, 1.54) is 21.8 Å². The first kappa shape index (κ1) is 22.3. The summed E-state index contributed by atoms with van der Waals surface area (Å²) in [7, 11) is 0. The van der Waals surface area contributed by atoms with E-state index in [1.807, 2.05) is 6.92 Å². The number of benzene rings is 1. The van der Waals surface area contributed by atoms with Crippen molar-refractivity contribution in [3.05, 3.63) is 66.5 Å². The standard InChI is InChI=1S/C21H16F4N10/c1-2-14(13-9-34(33-31-13)15-6-4-3-5-12(15)22)35-19-16(18(26)29-10-30-19)17(32-35)11-7-27-20(28-8-11)21(23,24)25/h3-10,14H,2H2,1H3,(H2,26,29,30)/t14-/m1/s1. The van der Waals surface area contributed by atoms with Gasteiger partial charge in [0, 0.05) is 18.0 Å². The molecule has 178 valence electrons. The van der Waals surface area contributed by atoms with Crippen LogP contribution in [0.2, 0.25) is 0 Å². The smallest absolute Gasteiger partial charge is 0.383 e. The molecule has 5 rings (SSSR count). The normalized spacial score (nSPS) is 12.8. The van der Waals surface area contributed by atoms with Gasteiger partial charge in [0.05, 0.1) is 17.6 Å². The van der Waals surface area contributed by atoms with E-state index in [-0.39, 0.29) is 22.8 Å². The number of nitrogen functional groups attached to an aromatic ring is 1. The summed E-state index contributed by atoms with van der Waals surface area (Å²) < 4.78 is 55.8. The molecule has 10 nitrogen and oxygen atoms in total. The highest BCUT2D eigenvalue weighted by Crippen LogP contribution is 2.34. The molecule has 0 unspecified atom stereocenters. The first-order chi connectivity index (χ1) is 16.8. The number of fused-ring (bicyclic) bond motifs is 1. The Balaban J connectivity index is 1.62.